The van der Waals surface area contributed by atoms with Crippen LogP contribution in [0.15, 0.2) is 54.6 Å². The van der Waals surface area contributed by atoms with Gasteiger partial charge in [-0.25, -0.2) is 0 Å². The Labute approximate surface area is 202 Å². The number of rotatable bonds is 5. The first-order chi connectivity index (χ1) is 16.5. The Morgan fingerprint density at radius 2 is 1.66 bits per heavy atom. The Balaban J connectivity index is 1.60. The van der Waals surface area contributed by atoms with Gasteiger partial charge in [-0.1, -0.05) is 42.5 Å². The second-order valence-corrected chi connectivity index (χ2v) is 9.46. The van der Waals surface area contributed by atoms with E-state index in [1.807, 2.05) is 44.2 Å². The molecule has 2 fully saturated rings. The van der Waals surface area contributed by atoms with Crippen molar-refractivity contribution in [3.8, 4) is 0 Å². The lowest BCUT2D eigenvalue weighted by Gasteiger charge is -2.48. The van der Waals surface area contributed by atoms with Gasteiger partial charge < -0.3 is 14.7 Å². The first kappa shape index (κ1) is 24.8. The Bertz CT molecular complexity index is 1100. The van der Waals surface area contributed by atoms with E-state index in [1.54, 1.807) is 4.90 Å². The standard InChI is InChI=1S/C26H28F3N3O3/c1-18(2)31-16-23(34)32(15-20-8-10-21(11-9-20)26(27,28)29)25(24(31)35)12-13-30(17-25)22(33)14-19-6-4-3-5-7-19/h3-11,18H,12-17H2,1-2H3. The molecule has 2 saturated heterocycles. The maximum Gasteiger partial charge on any atom is 0.416 e. The molecule has 0 bridgehead atoms. The van der Waals surface area contributed by atoms with Crippen LogP contribution in [0.5, 0.6) is 0 Å². The number of carbonyl (C=O) groups is 3. The fourth-order valence-electron chi connectivity index (χ4n) is 4.85. The van der Waals surface area contributed by atoms with Gasteiger partial charge >= 0.3 is 6.18 Å². The minimum Gasteiger partial charge on any atom is -0.339 e. The van der Waals surface area contributed by atoms with E-state index in [2.05, 4.69) is 0 Å². The lowest BCUT2D eigenvalue weighted by Crippen LogP contribution is -2.69. The molecule has 35 heavy (non-hydrogen) atoms. The Morgan fingerprint density at radius 3 is 2.26 bits per heavy atom. The van der Waals surface area contributed by atoms with Gasteiger partial charge in [0.05, 0.1) is 18.5 Å². The smallest absolute Gasteiger partial charge is 0.339 e. The number of hydrogen-bond acceptors (Lipinski definition) is 3. The molecule has 6 nitrogen and oxygen atoms in total. The summed E-state index contributed by atoms with van der Waals surface area (Å²) in [7, 11) is 0. The molecule has 2 aliphatic rings. The predicted molar refractivity (Wildman–Crippen MR) is 123 cm³/mol. The Morgan fingerprint density at radius 1 is 1.00 bits per heavy atom. The van der Waals surface area contributed by atoms with E-state index in [0.29, 0.717) is 12.1 Å². The van der Waals surface area contributed by atoms with Crippen molar-refractivity contribution in [3.63, 3.8) is 0 Å². The highest BCUT2D eigenvalue weighted by Gasteiger charge is 2.56. The van der Waals surface area contributed by atoms with Gasteiger partial charge in [0.15, 0.2) is 0 Å². The number of nitrogens with zero attached hydrogens (tertiary/aromatic N) is 3. The van der Waals surface area contributed by atoms with E-state index < -0.39 is 17.3 Å². The molecule has 4 rings (SSSR count). The van der Waals surface area contributed by atoms with Crippen LogP contribution in [0.3, 0.4) is 0 Å². The number of amides is 3. The second kappa shape index (κ2) is 9.36. The summed E-state index contributed by atoms with van der Waals surface area (Å²) in [6, 6.07) is 13.7. The number of halogens is 3. The van der Waals surface area contributed by atoms with E-state index in [-0.39, 0.29) is 56.2 Å². The topological polar surface area (TPSA) is 60.9 Å². The molecule has 3 amide bonds. The average Bonchev–Trinajstić information content (AvgIpc) is 3.26. The first-order valence-electron chi connectivity index (χ1n) is 11.6. The normalized spacial score (nSPS) is 20.9. The highest BCUT2D eigenvalue weighted by atomic mass is 19.4. The number of piperazine rings is 1. The van der Waals surface area contributed by atoms with E-state index in [9.17, 15) is 27.6 Å². The van der Waals surface area contributed by atoms with Crippen LogP contribution in [0, 0.1) is 0 Å². The molecule has 2 aromatic carbocycles. The number of likely N-dealkylation sites (tertiary alicyclic amines) is 1. The van der Waals surface area contributed by atoms with Gasteiger partial charge in [0, 0.05) is 19.1 Å². The van der Waals surface area contributed by atoms with Gasteiger partial charge in [-0.3, -0.25) is 14.4 Å². The number of carbonyl (C=O) groups excluding carboxylic acids is 3. The molecule has 0 N–H and O–H groups in total. The molecule has 2 heterocycles. The Hall–Kier alpha value is -3.36. The number of alkyl halides is 3. The summed E-state index contributed by atoms with van der Waals surface area (Å²) >= 11 is 0. The van der Waals surface area contributed by atoms with Crippen LogP contribution in [-0.4, -0.2) is 63.6 Å². The van der Waals surface area contributed by atoms with E-state index in [1.165, 1.54) is 21.9 Å². The molecular formula is C26H28F3N3O3. The molecule has 186 valence electrons. The summed E-state index contributed by atoms with van der Waals surface area (Å²) in [5.74, 6) is -0.644. The summed E-state index contributed by atoms with van der Waals surface area (Å²) in [6.07, 6.45) is -3.99. The highest BCUT2D eigenvalue weighted by molar-refractivity contribution is 5.99. The van der Waals surface area contributed by atoms with Gasteiger partial charge in [-0.2, -0.15) is 13.2 Å². The summed E-state index contributed by atoms with van der Waals surface area (Å²) in [6.45, 7) is 3.94. The van der Waals surface area contributed by atoms with E-state index in [4.69, 9.17) is 0 Å². The quantitative estimate of drug-likeness (QED) is 0.649. The minimum atomic E-state index is -4.46. The maximum atomic E-state index is 13.7. The first-order valence-corrected chi connectivity index (χ1v) is 11.6. The van der Waals surface area contributed by atoms with Crippen molar-refractivity contribution in [3.05, 3.63) is 71.3 Å². The van der Waals surface area contributed by atoms with Gasteiger partial charge in [-0.05, 0) is 43.5 Å². The zero-order valence-corrected chi connectivity index (χ0v) is 19.7. The van der Waals surface area contributed by atoms with Crippen molar-refractivity contribution in [2.45, 2.75) is 51.0 Å². The van der Waals surface area contributed by atoms with Crippen LogP contribution in [0.1, 0.15) is 37.0 Å². The molecule has 1 atom stereocenters. The molecule has 0 aromatic heterocycles. The van der Waals surface area contributed by atoms with Crippen molar-refractivity contribution in [1.82, 2.24) is 14.7 Å². The van der Waals surface area contributed by atoms with Crippen LogP contribution in [0.2, 0.25) is 0 Å². The lowest BCUT2D eigenvalue weighted by molar-refractivity contribution is -0.167. The largest absolute Gasteiger partial charge is 0.416 e. The average molecular weight is 488 g/mol. The van der Waals surface area contributed by atoms with Gasteiger partial charge in [0.2, 0.25) is 11.8 Å². The molecule has 0 aliphatic carbocycles. The van der Waals surface area contributed by atoms with Crippen molar-refractivity contribution in [2.24, 2.45) is 0 Å². The summed E-state index contributed by atoms with van der Waals surface area (Å²) in [5, 5.41) is 0. The number of benzene rings is 2. The van der Waals surface area contributed by atoms with Crippen LogP contribution in [-0.2, 0) is 33.5 Å². The molecule has 0 radical (unpaired) electrons. The van der Waals surface area contributed by atoms with Gasteiger partial charge in [0.25, 0.3) is 5.91 Å². The van der Waals surface area contributed by atoms with Crippen molar-refractivity contribution in [2.75, 3.05) is 19.6 Å². The highest BCUT2D eigenvalue weighted by Crippen LogP contribution is 2.36. The maximum absolute atomic E-state index is 13.7. The van der Waals surface area contributed by atoms with Crippen LogP contribution in [0.4, 0.5) is 13.2 Å². The van der Waals surface area contributed by atoms with Crippen molar-refractivity contribution < 1.29 is 27.6 Å². The van der Waals surface area contributed by atoms with Crippen LogP contribution in [0.25, 0.3) is 0 Å². The zero-order chi connectivity index (χ0) is 25.4. The summed E-state index contributed by atoms with van der Waals surface area (Å²) in [4.78, 5) is 44.6. The van der Waals surface area contributed by atoms with Crippen molar-refractivity contribution >= 4 is 17.7 Å². The molecule has 1 spiro atoms. The molecule has 2 aliphatic heterocycles. The monoisotopic (exact) mass is 487 g/mol. The zero-order valence-electron chi connectivity index (χ0n) is 19.7. The molecule has 2 aromatic rings. The minimum absolute atomic E-state index is 0.00460. The van der Waals surface area contributed by atoms with Crippen molar-refractivity contribution in [1.29, 1.82) is 0 Å². The molecule has 9 heteroatoms. The summed E-state index contributed by atoms with van der Waals surface area (Å²) < 4.78 is 38.9. The third-order valence-electron chi connectivity index (χ3n) is 6.83. The third-order valence-corrected chi connectivity index (χ3v) is 6.83. The third kappa shape index (κ3) is 4.90. The fourth-order valence-corrected chi connectivity index (χ4v) is 4.85. The second-order valence-electron chi connectivity index (χ2n) is 9.46. The van der Waals surface area contributed by atoms with E-state index >= 15 is 0 Å². The van der Waals surface area contributed by atoms with Gasteiger partial charge in [-0.15, -0.1) is 0 Å². The SMILES string of the molecule is CC(C)N1CC(=O)N(Cc2ccc(C(F)(F)F)cc2)C2(CCN(C(=O)Cc3ccccc3)C2)C1=O. The Kier molecular flexibility index (Phi) is 6.62. The fraction of sp³-hybridized carbons (Fsp3) is 0.423. The molecular weight excluding hydrogens is 459 g/mol. The molecule has 0 saturated carbocycles. The van der Waals surface area contributed by atoms with Crippen LogP contribution < -0.4 is 0 Å². The van der Waals surface area contributed by atoms with Gasteiger partial charge in [0.1, 0.15) is 12.1 Å². The summed E-state index contributed by atoms with van der Waals surface area (Å²) in [5.41, 5.74) is -0.670. The lowest BCUT2D eigenvalue weighted by atomic mass is 9.89. The number of hydrogen-bond donors (Lipinski definition) is 0. The van der Waals surface area contributed by atoms with Crippen LogP contribution >= 0.6 is 0 Å². The van der Waals surface area contributed by atoms with E-state index in [0.717, 1.165) is 17.7 Å². The molecule has 1 unspecified atom stereocenters. The predicted octanol–water partition coefficient (Wildman–Crippen LogP) is 3.50.